The molecule has 0 fully saturated rings. The minimum atomic E-state index is -0.783. The Hall–Kier alpha value is -1.06. The highest BCUT2D eigenvalue weighted by atomic mass is 35.5. The highest BCUT2D eigenvalue weighted by Crippen LogP contribution is 2.11. The van der Waals surface area contributed by atoms with Gasteiger partial charge in [0, 0.05) is 5.02 Å². The van der Waals surface area contributed by atoms with Crippen LogP contribution < -0.4 is 5.32 Å². The second-order valence-corrected chi connectivity index (χ2v) is 5.29. The molecule has 0 aliphatic carbocycles. The molecule has 18 heavy (non-hydrogen) atoms. The van der Waals surface area contributed by atoms with E-state index in [9.17, 15) is 4.79 Å². The summed E-state index contributed by atoms with van der Waals surface area (Å²) < 4.78 is 0. The smallest absolute Gasteiger partial charge is 0.320 e. The van der Waals surface area contributed by atoms with Crippen molar-refractivity contribution >= 4 is 17.6 Å². The molecular weight excluding hydrogens is 250 g/mol. The lowest BCUT2D eigenvalue weighted by atomic mass is 10.0. The number of aliphatic carboxylic acids is 1. The van der Waals surface area contributed by atoms with Gasteiger partial charge in [-0.15, -0.1) is 0 Å². The van der Waals surface area contributed by atoms with Gasteiger partial charge in [0.05, 0.1) is 0 Å². The Morgan fingerprint density at radius 3 is 2.72 bits per heavy atom. The summed E-state index contributed by atoms with van der Waals surface area (Å²) in [5, 5.41) is 12.9. The van der Waals surface area contributed by atoms with Crippen LogP contribution in [0.4, 0.5) is 0 Å². The molecule has 1 atom stereocenters. The number of rotatable bonds is 7. The number of benzene rings is 1. The molecule has 2 N–H and O–H groups in total. The number of hydrogen-bond acceptors (Lipinski definition) is 2. The summed E-state index contributed by atoms with van der Waals surface area (Å²) in [6, 6.07) is 7.16. The zero-order valence-corrected chi connectivity index (χ0v) is 11.6. The maximum absolute atomic E-state index is 11.0. The van der Waals surface area contributed by atoms with Gasteiger partial charge in [-0.1, -0.05) is 37.6 Å². The average molecular weight is 270 g/mol. The molecule has 0 aromatic heterocycles. The van der Waals surface area contributed by atoms with E-state index in [1.54, 1.807) is 0 Å². The third kappa shape index (κ3) is 5.52. The van der Waals surface area contributed by atoms with E-state index in [0.29, 0.717) is 23.9 Å². The normalized spacial score (nSPS) is 12.7. The van der Waals surface area contributed by atoms with Crippen molar-refractivity contribution in [3.8, 4) is 0 Å². The van der Waals surface area contributed by atoms with Crippen LogP contribution in [0.25, 0.3) is 0 Å². The minimum Gasteiger partial charge on any atom is -0.480 e. The van der Waals surface area contributed by atoms with Crippen LogP contribution in [0, 0.1) is 5.92 Å². The van der Waals surface area contributed by atoms with Gasteiger partial charge in [-0.25, -0.2) is 0 Å². The van der Waals surface area contributed by atoms with Crippen LogP contribution in [0.5, 0.6) is 0 Å². The topological polar surface area (TPSA) is 49.3 Å². The Labute approximate surface area is 113 Å². The Balaban J connectivity index is 2.41. The van der Waals surface area contributed by atoms with Crippen LogP contribution in [0.3, 0.4) is 0 Å². The molecule has 0 amide bonds. The maximum Gasteiger partial charge on any atom is 0.320 e. The lowest BCUT2D eigenvalue weighted by Gasteiger charge is -2.16. The first-order valence-corrected chi connectivity index (χ1v) is 6.57. The van der Waals surface area contributed by atoms with E-state index < -0.39 is 12.0 Å². The Morgan fingerprint density at radius 1 is 1.44 bits per heavy atom. The molecule has 0 saturated heterocycles. The minimum absolute atomic E-state index is 0.366. The van der Waals surface area contributed by atoms with Gasteiger partial charge in [0.25, 0.3) is 0 Å². The summed E-state index contributed by atoms with van der Waals surface area (Å²) in [6.45, 7) is 4.69. The van der Waals surface area contributed by atoms with Crippen molar-refractivity contribution in [2.45, 2.75) is 32.7 Å². The lowest BCUT2D eigenvalue weighted by molar-refractivity contribution is -0.139. The fourth-order valence-electron chi connectivity index (χ4n) is 1.83. The molecule has 1 rings (SSSR count). The fraction of sp³-hybridized carbons (Fsp3) is 0.500. The molecule has 3 nitrogen and oxygen atoms in total. The molecule has 0 spiro atoms. The second-order valence-electron chi connectivity index (χ2n) is 4.85. The molecule has 0 aliphatic rings. The third-order valence-electron chi connectivity index (χ3n) is 2.70. The van der Waals surface area contributed by atoms with Crippen LogP contribution in [0.2, 0.25) is 5.02 Å². The van der Waals surface area contributed by atoms with Gasteiger partial charge >= 0.3 is 5.97 Å². The molecule has 0 aliphatic heterocycles. The molecule has 1 aromatic carbocycles. The number of hydrogen-bond donors (Lipinski definition) is 2. The van der Waals surface area contributed by atoms with Crippen molar-refractivity contribution in [3.63, 3.8) is 0 Å². The number of carbonyl (C=O) groups is 1. The van der Waals surface area contributed by atoms with Crippen LogP contribution in [0.1, 0.15) is 25.8 Å². The number of carboxylic acids is 1. The lowest BCUT2D eigenvalue weighted by Crippen LogP contribution is -2.38. The predicted octanol–water partition coefficient (Wildman–Crippen LogP) is 2.97. The van der Waals surface area contributed by atoms with Crippen molar-refractivity contribution in [2.75, 3.05) is 6.54 Å². The third-order valence-corrected chi connectivity index (χ3v) is 2.93. The van der Waals surface area contributed by atoms with Crippen molar-refractivity contribution < 1.29 is 9.90 Å². The van der Waals surface area contributed by atoms with Crippen LogP contribution in [-0.2, 0) is 11.2 Å². The summed E-state index contributed by atoms with van der Waals surface area (Å²) in [6.07, 6.45) is 1.42. The highest BCUT2D eigenvalue weighted by molar-refractivity contribution is 6.30. The Morgan fingerprint density at radius 2 is 2.17 bits per heavy atom. The summed E-state index contributed by atoms with van der Waals surface area (Å²) in [5.41, 5.74) is 1.11. The molecule has 0 bridgehead atoms. The van der Waals surface area contributed by atoms with E-state index >= 15 is 0 Å². The average Bonchev–Trinajstić information content (AvgIpc) is 2.27. The van der Waals surface area contributed by atoms with Gasteiger partial charge in [0.15, 0.2) is 0 Å². The first-order valence-electron chi connectivity index (χ1n) is 6.19. The van der Waals surface area contributed by atoms with Crippen LogP contribution in [0.15, 0.2) is 24.3 Å². The molecule has 1 aromatic rings. The predicted molar refractivity (Wildman–Crippen MR) is 74.0 cm³/mol. The second kappa shape index (κ2) is 7.39. The van der Waals surface area contributed by atoms with Gasteiger partial charge in [0.1, 0.15) is 6.04 Å². The first kappa shape index (κ1) is 15.0. The number of carboxylic acid groups (broad SMARTS) is 1. The molecule has 0 saturated carbocycles. The molecule has 0 heterocycles. The Bertz CT molecular complexity index is 393. The van der Waals surface area contributed by atoms with Gasteiger partial charge in [-0.2, -0.15) is 0 Å². The summed E-state index contributed by atoms with van der Waals surface area (Å²) >= 11 is 5.89. The number of halogens is 1. The van der Waals surface area contributed by atoms with E-state index in [0.717, 1.165) is 12.0 Å². The molecule has 4 heteroatoms. The van der Waals surface area contributed by atoms with E-state index in [4.69, 9.17) is 16.7 Å². The van der Waals surface area contributed by atoms with Gasteiger partial charge in [-0.05, 0) is 43.0 Å². The van der Waals surface area contributed by atoms with E-state index in [2.05, 4.69) is 5.32 Å². The Kier molecular flexibility index (Phi) is 6.16. The fourth-order valence-corrected chi connectivity index (χ4v) is 2.04. The quantitative estimate of drug-likeness (QED) is 0.800. The van der Waals surface area contributed by atoms with Crippen molar-refractivity contribution in [1.82, 2.24) is 5.32 Å². The van der Waals surface area contributed by atoms with Crippen LogP contribution >= 0.6 is 11.6 Å². The molecule has 1 unspecified atom stereocenters. The SMILES string of the molecule is CC(C)CC(NCCc1cccc(Cl)c1)C(=O)O. The molecule has 100 valence electrons. The number of nitrogens with one attached hydrogen (secondary N) is 1. The largest absolute Gasteiger partial charge is 0.480 e. The van der Waals surface area contributed by atoms with E-state index in [1.807, 2.05) is 38.1 Å². The molecular formula is C14H20ClNO2. The van der Waals surface area contributed by atoms with Crippen molar-refractivity contribution in [3.05, 3.63) is 34.9 Å². The van der Waals surface area contributed by atoms with Crippen molar-refractivity contribution in [1.29, 1.82) is 0 Å². The highest BCUT2D eigenvalue weighted by Gasteiger charge is 2.17. The van der Waals surface area contributed by atoms with Crippen LogP contribution in [-0.4, -0.2) is 23.7 Å². The van der Waals surface area contributed by atoms with Crippen molar-refractivity contribution in [2.24, 2.45) is 5.92 Å². The first-order chi connectivity index (χ1) is 8.49. The van der Waals surface area contributed by atoms with Gasteiger partial charge in [-0.3, -0.25) is 4.79 Å². The zero-order chi connectivity index (χ0) is 13.5. The zero-order valence-electron chi connectivity index (χ0n) is 10.8. The summed E-state index contributed by atoms with van der Waals surface area (Å²) in [7, 11) is 0. The van der Waals surface area contributed by atoms with Gasteiger partial charge in [0.2, 0.25) is 0 Å². The van der Waals surface area contributed by atoms with E-state index in [-0.39, 0.29) is 0 Å². The van der Waals surface area contributed by atoms with E-state index in [1.165, 1.54) is 0 Å². The van der Waals surface area contributed by atoms with Gasteiger partial charge < -0.3 is 10.4 Å². The monoisotopic (exact) mass is 269 g/mol. The standard InChI is InChI=1S/C14H20ClNO2/c1-10(2)8-13(14(17)18)16-7-6-11-4-3-5-12(15)9-11/h3-5,9-10,13,16H,6-8H2,1-2H3,(H,17,18). The molecule has 0 radical (unpaired) electrons. The summed E-state index contributed by atoms with van der Waals surface area (Å²) in [4.78, 5) is 11.0. The summed E-state index contributed by atoms with van der Waals surface area (Å²) in [5.74, 6) is -0.417. The maximum atomic E-state index is 11.0.